The summed E-state index contributed by atoms with van der Waals surface area (Å²) in [6.07, 6.45) is 0.661. The number of amides is 1. The van der Waals surface area contributed by atoms with E-state index < -0.39 is 0 Å². The molecular weight excluding hydrogens is 260 g/mol. The summed E-state index contributed by atoms with van der Waals surface area (Å²) in [7, 11) is 0. The molecule has 21 heavy (non-hydrogen) atoms. The Morgan fingerprint density at radius 1 is 1.10 bits per heavy atom. The van der Waals surface area contributed by atoms with E-state index >= 15 is 0 Å². The quantitative estimate of drug-likeness (QED) is 0.885. The number of hydrogen-bond donors (Lipinski definition) is 2. The second kappa shape index (κ2) is 7.04. The summed E-state index contributed by atoms with van der Waals surface area (Å²) in [6.45, 7) is 4.39. The van der Waals surface area contributed by atoms with Gasteiger partial charge in [0.2, 0.25) is 5.91 Å². The van der Waals surface area contributed by atoms with Crippen LogP contribution >= 0.6 is 0 Å². The Morgan fingerprint density at radius 2 is 1.81 bits per heavy atom. The first-order valence-corrected chi connectivity index (χ1v) is 7.23. The molecule has 2 aromatic carbocycles. The summed E-state index contributed by atoms with van der Waals surface area (Å²) in [5.74, 6) is -0.234. The van der Waals surface area contributed by atoms with Crippen LogP contribution in [0.4, 0.5) is 5.69 Å². The van der Waals surface area contributed by atoms with Crippen LogP contribution in [-0.4, -0.2) is 12.5 Å². The molecule has 0 saturated carbocycles. The van der Waals surface area contributed by atoms with Gasteiger partial charge in [-0.25, -0.2) is 0 Å². The van der Waals surface area contributed by atoms with E-state index in [4.69, 9.17) is 5.73 Å². The first-order valence-electron chi connectivity index (χ1n) is 7.23. The number of nitrogens with two attached hydrogens (primary N) is 1. The normalized spacial score (nSPS) is 12.0. The summed E-state index contributed by atoms with van der Waals surface area (Å²) in [4.78, 5) is 12.4. The minimum atomic E-state index is -0.215. The summed E-state index contributed by atoms with van der Waals surface area (Å²) in [5.41, 5.74) is 10.0. The summed E-state index contributed by atoms with van der Waals surface area (Å²) in [6, 6.07) is 15.9. The number of anilines is 1. The van der Waals surface area contributed by atoms with Crippen LogP contribution in [0.1, 0.15) is 16.7 Å². The SMILES string of the molecule is Cc1cccc(NC(=O)C(CN)Cc2ccccc2)c1C. The fourth-order valence-electron chi connectivity index (χ4n) is 2.30. The number of carbonyl (C=O) groups excluding carboxylic acids is 1. The Bertz CT molecular complexity index is 608. The van der Waals surface area contributed by atoms with Gasteiger partial charge in [-0.15, -0.1) is 0 Å². The molecule has 1 unspecified atom stereocenters. The molecule has 0 bridgehead atoms. The topological polar surface area (TPSA) is 55.1 Å². The lowest BCUT2D eigenvalue weighted by molar-refractivity contribution is -0.119. The second-order valence-corrected chi connectivity index (χ2v) is 5.36. The number of hydrogen-bond acceptors (Lipinski definition) is 2. The molecule has 2 rings (SSSR count). The lowest BCUT2D eigenvalue weighted by Gasteiger charge is -2.17. The monoisotopic (exact) mass is 282 g/mol. The lowest BCUT2D eigenvalue weighted by Crippen LogP contribution is -2.31. The zero-order valence-electron chi connectivity index (χ0n) is 12.6. The molecule has 0 heterocycles. The fraction of sp³-hybridized carbons (Fsp3) is 0.278. The van der Waals surface area contributed by atoms with Crippen molar-refractivity contribution in [1.29, 1.82) is 0 Å². The lowest BCUT2D eigenvalue weighted by atomic mass is 9.98. The van der Waals surface area contributed by atoms with Gasteiger partial charge >= 0.3 is 0 Å². The molecule has 110 valence electrons. The third kappa shape index (κ3) is 3.92. The van der Waals surface area contributed by atoms with E-state index in [1.54, 1.807) is 0 Å². The van der Waals surface area contributed by atoms with Gasteiger partial charge in [-0.05, 0) is 43.0 Å². The molecule has 0 aliphatic heterocycles. The van der Waals surface area contributed by atoms with E-state index in [1.165, 1.54) is 5.56 Å². The van der Waals surface area contributed by atoms with Crippen LogP contribution in [0.3, 0.4) is 0 Å². The molecule has 0 saturated heterocycles. The Hall–Kier alpha value is -2.13. The van der Waals surface area contributed by atoms with Gasteiger partial charge in [-0.1, -0.05) is 42.5 Å². The Kier molecular flexibility index (Phi) is 5.12. The number of nitrogens with one attached hydrogen (secondary N) is 1. The number of benzene rings is 2. The molecule has 0 spiro atoms. The van der Waals surface area contributed by atoms with E-state index in [9.17, 15) is 4.79 Å². The minimum absolute atomic E-state index is 0.0185. The average Bonchev–Trinajstić information content (AvgIpc) is 2.50. The van der Waals surface area contributed by atoms with Crippen molar-refractivity contribution >= 4 is 11.6 Å². The van der Waals surface area contributed by atoms with E-state index in [-0.39, 0.29) is 11.8 Å². The van der Waals surface area contributed by atoms with Gasteiger partial charge in [0.25, 0.3) is 0 Å². The molecule has 3 N–H and O–H groups in total. The number of rotatable bonds is 5. The van der Waals surface area contributed by atoms with Gasteiger partial charge in [0.1, 0.15) is 0 Å². The van der Waals surface area contributed by atoms with Crippen LogP contribution in [0.25, 0.3) is 0 Å². The van der Waals surface area contributed by atoms with Crippen LogP contribution in [0.5, 0.6) is 0 Å². The van der Waals surface area contributed by atoms with Crippen molar-refractivity contribution in [2.24, 2.45) is 11.7 Å². The maximum atomic E-state index is 12.4. The van der Waals surface area contributed by atoms with Crippen LogP contribution in [0.15, 0.2) is 48.5 Å². The first-order chi connectivity index (χ1) is 10.1. The Labute approximate surface area is 126 Å². The van der Waals surface area contributed by atoms with Crippen molar-refractivity contribution in [2.75, 3.05) is 11.9 Å². The van der Waals surface area contributed by atoms with Gasteiger partial charge in [0.05, 0.1) is 5.92 Å². The van der Waals surface area contributed by atoms with Crippen molar-refractivity contribution in [2.45, 2.75) is 20.3 Å². The summed E-state index contributed by atoms with van der Waals surface area (Å²) < 4.78 is 0. The molecule has 1 amide bonds. The number of carbonyl (C=O) groups is 1. The van der Waals surface area contributed by atoms with E-state index in [0.29, 0.717) is 13.0 Å². The predicted molar refractivity (Wildman–Crippen MR) is 87.2 cm³/mol. The van der Waals surface area contributed by atoms with Crippen molar-refractivity contribution in [1.82, 2.24) is 0 Å². The number of aryl methyl sites for hydroxylation is 1. The van der Waals surface area contributed by atoms with Crippen molar-refractivity contribution in [3.8, 4) is 0 Å². The van der Waals surface area contributed by atoms with Crippen molar-refractivity contribution in [3.63, 3.8) is 0 Å². The van der Waals surface area contributed by atoms with Gasteiger partial charge in [0.15, 0.2) is 0 Å². The molecule has 0 aliphatic rings. The van der Waals surface area contributed by atoms with E-state index in [2.05, 4.69) is 5.32 Å². The Balaban J connectivity index is 2.08. The summed E-state index contributed by atoms with van der Waals surface area (Å²) in [5, 5.41) is 3.00. The zero-order valence-corrected chi connectivity index (χ0v) is 12.6. The van der Waals surface area contributed by atoms with Gasteiger partial charge in [-0.3, -0.25) is 4.79 Å². The minimum Gasteiger partial charge on any atom is -0.330 e. The zero-order chi connectivity index (χ0) is 15.2. The molecule has 3 nitrogen and oxygen atoms in total. The first kappa shape index (κ1) is 15.3. The second-order valence-electron chi connectivity index (χ2n) is 5.36. The fourth-order valence-corrected chi connectivity index (χ4v) is 2.30. The summed E-state index contributed by atoms with van der Waals surface area (Å²) >= 11 is 0. The molecule has 0 radical (unpaired) electrons. The van der Waals surface area contributed by atoms with Gasteiger partial charge < -0.3 is 11.1 Å². The van der Waals surface area contributed by atoms with E-state index in [0.717, 1.165) is 16.8 Å². The van der Waals surface area contributed by atoms with Crippen LogP contribution < -0.4 is 11.1 Å². The van der Waals surface area contributed by atoms with Crippen LogP contribution in [0, 0.1) is 19.8 Å². The smallest absolute Gasteiger partial charge is 0.229 e. The highest BCUT2D eigenvalue weighted by atomic mass is 16.1. The highest BCUT2D eigenvalue weighted by Gasteiger charge is 2.18. The third-order valence-corrected chi connectivity index (χ3v) is 3.84. The molecule has 2 aromatic rings. The highest BCUT2D eigenvalue weighted by Crippen LogP contribution is 2.19. The van der Waals surface area contributed by atoms with E-state index in [1.807, 2.05) is 62.4 Å². The van der Waals surface area contributed by atoms with Gasteiger partial charge in [0, 0.05) is 12.2 Å². The molecule has 0 fully saturated rings. The standard InChI is InChI=1S/C18H22N2O/c1-13-7-6-10-17(14(13)2)20-18(21)16(12-19)11-15-8-4-3-5-9-15/h3-10,16H,11-12,19H2,1-2H3,(H,20,21). The Morgan fingerprint density at radius 3 is 2.48 bits per heavy atom. The van der Waals surface area contributed by atoms with Crippen molar-refractivity contribution in [3.05, 3.63) is 65.2 Å². The van der Waals surface area contributed by atoms with Crippen molar-refractivity contribution < 1.29 is 4.79 Å². The molecule has 0 aliphatic carbocycles. The average molecular weight is 282 g/mol. The molecule has 0 aromatic heterocycles. The third-order valence-electron chi connectivity index (χ3n) is 3.84. The molecule has 3 heteroatoms. The van der Waals surface area contributed by atoms with Gasteiger partial charge in [-0.2, -0.15) is 0 Å². The largest absolute Gasteiger partial charge is 0.330 e. The maximum Gasteiger partial charge on any atom is 0.229 e. The highest BCUT2D eigenvalue weighted by molar-refractivity contribution is 5.93. The van der Waals surface area contributed by atoms with Crippen LogP contribution in [0.2, 0.25) is 0 Å². The van der Waals surface area contributed by atoms with Crippen LogP contribution in [-0.2, 0) is 11.2 Å². The predicted octanol–water partition coefficient (Wildman–Crippen LogP) is 3.06. The maximum absolute atomic E-state index is 12.4. The molecular formula is C18H22N2O. The molecule has 1 atom stereocenters.